The molecular weight excluding hydrogens is 387 g/mol. The first-order chi connectivity index (χ1) is 12.8. The molecule has 1 aliphatic rings. The molecule has 5 nitrogen and oxygen atoms in total. The van der Waals surface area contributed by atoms with E-state index in [4.69, 9.17) is 23.2 Å². The van der Waals surface area contributed by atoms with Crippen molar-refractivity contribution >= 4 is 57.9 Å². The van der Waals surface area contributed by atoms with Gasteiger partial charge in [-0.05, 0) is 24.3 Å². The molecule has 140 valence electrons. The number of carbonyl (C=O) groups excluding carboxylic acids is 3. The lowest BCUT2D eigenvalue weighted by atomic mass is 10.1. The number of carbonyl (C=O) groups is 3. The van der Waals surface area contributed by atoms with Crippen molar-refractivity contribution in [2.75, 3.05) is 16.3 Å². The Morgan fingerprint density at radius 2 is 1.59 bits per heavy atom. The van der Waals surface area contributed by atoms with E-state index in [1.807, 2.05) is 6.07 Å². The molecule has 0 atom stereocenters. The first-order valence-corrected chi connectivity index (χ1v) is 9.25. The second-order valence-corrected chi connectivity index (χ2v) is 7.41. The Hall–Kier alpha value is -2.37. The molecule has 0 fully saturated rings. The Bertz CT molecular complexity index is 913. The van der Waals surface area contributed by atoms with Crippen molar-refractivity contribution in [3.63, 3.8) is 0 Å². The number of rotatable bonds is 4. The fraction of sp³-hybridized carbons (Fsp3) is 0.250. The number of Topliss-reactive ketones (excluding diaryl/α,β-unsaturated/α-hetero) is 1. The zero-order chi connectivity index (χ0) is 19.7. The molecule has 0 unspecified atom stereocenters. The molecule has 0 radical (unpaired) electrons. The molecule has 0 bridgehead atoms. The van der Waals surface area contributed by atoms with Gasteiger partial charge in [-0.1, -0.05) is 55.2 Å². The summed E-state index contributed by atoms with van der Waals surface area (Å²) >= 11 is 12.4. The van der Waals surface area contributed by atoms with Gasteiger partial charge in [0, 0.05) is 11.6 Å². The predicted molar refractivity (Wildman–Crippen MR) is 107 cm³/mol. The van der Waals surface area contributed by atoms with Crippen LogP contribution in [0.5, 0.6) is 0 Å². The van der Waals surface area contributed by atoms with Crippen LogP contribution < -0.4 is 9.80 Å². The first-order valence-electron chi connectivity index (χ1n) is 8.49. The molecule has 2 amide bonds. The minimum atomic E-state index is -0.452. The van der Waals surface area contributed by atoms with Gasteiger partial charge >= 0.3 is 0 Å². The maximum atomic E-state index is 12.9. The highest BCUT2D eigenvalue weighted by Crippen LogP contribution is 2.42. The summed E-state index contributed by atoms with van der Waals surface area (Å²) < 4.78 is 0. The largest absolute Gasteiger partial charge is 0.302 e. The van der Waals surface area contributed by atoms with Crippen molar-refractivity contribution < 1.29 is 14.4 Å². The molecule has 0 saturated heterocycles. The summed E-state index contributed by atoms with van der Waals surface area (Å²) in [6.45, 7) is 3.40. The highest BCUT2D eigenvalue weighted by molar-refractivity contribution is 6.42. The molecule has 1 aliphatic heterocycles. The van der Waals surface area contributed by atoms with E-state index >= 15 is 0 Å². The molecule has 0 aromatic heterocycles. The zero-order valence-corrected chi connectivity index (χ0v) is 16.4. The van der Waals surface area contributed by atoms with Gasteiger partial charge in [-0.3, -0.25) is 19.3 Å². The molecule has 0 spiro atoms. The summed E-state index contributed by atoms with van der Waals surface area (Å²) in [5, 5.41) is 0.501. The highest BCUT2D eigenvalue weighted by Gasteiger charge is 2.34. The number of hydrogen-bond donors (Lipinski definition) is 0. The number of amides is 2. The molecule has 0 N–H and O–H groups in total. The van der Waals surface area contributed by atoms with Crippen LogP contribution in [0.15, 0.2) is 42.5 Å². The van der Waals surface area contributed by atoms with Gasteiger partial charge in [-0.2, -0.15) is 0 Å². The fourth-order valence-electron chi connectivity index (χ4n) is 2.87. The van der Waals surface area contributed by atoms with Gasteiger partial charge in [-0.15, -0.1) is 0 Å². The minimum Gasteiger partial charge on any atom is -0.302 e. The van der Waals surface area contributed by atoms with E-state index < -0.39 is 11.8 Å². The average Bonchev–Trinajstić information content (AvgIpc) is 2.71. The standard InChI is InChI=1S/C20H18Cl2N2O3/c1-12(2)18(25)11-23-16-8-14(21)15(22)9-17(16)24(20(27)10-19(23)26)13-6-4-3-5-7-13/h3-9,12H,10-11H2,1-2H3. The van der Waals surface area contributed by atoms with Gasteiger partial charge in [0.2, 0.25) is 11.8 Å². The predicted octanol–water partition coefficient (Wildman–Crippen LogP) is 4.62. The van der Waals surface area contributed by atoms with Crippen molar-refractivity contribution in [2.24, 2.45) is 5.92 Å². The van der Waals surface area contributed by atoms with Crippen LogP contribution >= 0.6 is 23.2 Å². The minimum absolute atomic E-state index is 0.110. The molecule has 0 aliphatic carbocycles. The van der Waals surface area contributed by atoms with Crippen molar-refractivity contribution in [2.45, 2.75) is 20.3 Å². The Morgan fingerprint density at radius 1 is 1.00 bits per heavy atom. The maximum Gasteiger partial charge on any atom is 0.241 e. The van der Waals surface area contributed by atoms with Crippen LogP contribution in [0, 0.1) is 5.92 Å². The quantitative estimate of drug-likeness (QED) is 0.698. The molecule has 27 heavy (non-hydrogen) atoms. The van der Waals surface area contributed by atoms with E-state index in [1.165, 1.54) is 15.9 Å². The van der Waals surface area contributed by atoms with E-state index in [2.05, 4.69) is 0 Å². The SMILES string of the molecule is CC(C)C(=O)CN1C(=O)CC(=O)N(c2ccccc2)c2cc(Cl)c(Cl)cc21. The molecule has 7 heteroatoms. The summed E-state index contributed by atoms with van der Waals surface area (Å²) in [7, 11) is 0. The number of fused-ring (bicyclic) bond motifs is 1. The monoisotopic (exact) mass is 404 g/mol. The second kappa shape index (κ2) is 7.71. The van der Waals surface area contributed by atoms with Gasteiger partial charge in [0.05, 0.1) is 28.0 Å². The number of hydrogen-bond acceptors (Lipinski definition) is 3. The third-order valence-corrected chi connectivity index (χ3v) is 5.10. The third kappa shape index (κ3) is 3.84. The van der Waals surface area contributed by atoms with Crippen LogP contribution in [0.4, 0.5) is 17.1 Å². The zero-order valence-electron chi connectivity index (χ0n) is 14.9. The number of para-hydroxylation sites is 1. The van der Waals surface area contributed by atoms with Crippen LogP contribution in [0.3, 0.4) is 0 Å². The normalized spacial score (nSPS) is 14.4. The van der Waals surface area contributed by atoms with Crippen molar-refractivity contribution in [1.29, 1.82) is 0 Å². The van der Waals surface area contributed by atoms with Gasteiger partial charge in [0.1, 0.15) is 6.42 Å². The highest BCUT2D eigenvalue weighted by atomic mass is 35.5. The van der Waals surface area contributed by atoms with E-state index in [0.29, 0.717) is 17.1 Å². The lowest BCUT2D eigenvalue weighted by Crippen LogP contribution is -2.37. The van der Waals surface area contributed by atoms with Crippen molar-refractivity contribution in [3.8, 4) is 0 Å². The van der Waals surface area contributed by atoms with Gasteiger partial charge in [0.15, 0.2) is 5.78 Å². The molecule has 2 aromatic carbocycles. The van der Waals surface area contributed by atoms with Gasteiger partial charge in [-0.25, -0.2) is 0 Å². The summed E-state index contributed by atoms with van der Waals surface area (Å²) in [4.78, 5) is 40.7. The molecule has 3 rings (SSSR count). The van der Waals surface area contributed by atoms with Crippen LogP contribution in [0.25, 0.3) is 0 Å². The Kier molecular flexibility index (Phi) is 5.53. The average molecular weight is 405 g/mol. The van der Waals surface area contributed by atoms with E-state index in [1.54, 1.807) is 44.2 Å². The summed E-state index contributed by atoms with van der Waals surface area (Å²) in [5.74, 6) is -1.20. The third-order valence-electron chi connectivity index (χ3n) is 4.37. The number of benzene rings is 2. The fourth-order valence-corrected chi connectivity index (χ4v) is 3.18. The van der Waals surface area contributed by atoms with E-state index in [-0.39, 0.29) is 34.7 Å². The van der Waals surface area contributed by atoms with Crippen LogP contribution in [-0.2, 0) is 14.4 Å². The van der Waals surface area contributed by atoms with Crippen molar-refractivity contribution in [3.05, 3.63) is 52.5 Å². The molecular formula is C20H18Cl2N2O3. The van der Waals surface area contributed by atoms with Crippen LogP contribution in [-0.4, -0.2) is 24.1 Å². The Morgan fingerprint density at radius 3 is 2.19 bits per heavy atom. The molecule has 1 heterocycles. The number of halogens is 2. The summed E-state index contributed by atoms with van der Waals surface area (Å²) in [6.07, 6.45) is -0.357. The number of anilines is 3. The second-order valence-electron chi connectivity index (χ2n) is 6.60. The number of ketones is 1. The Labute approximate surface area is 167 Å². The lowest BCUT2D eigenvalue weighted by molar-refractivity contribution is -0.128. The van der Waals surface area contributed by atoms with Gasteiger partial charge in [0.25, 0.3) is 0 Å². The topological polar surface area (TPSA) is 57.7 Å². The van der Waals surface area contributed by atoms with E-state index in [0.717, 1.165) is 0 Å². The lowest BCUT2D eigenvalue weighted by Gasteiger charge is -2.26. The van der Waals surface area contributed by atoms with Gasteiger partial charge < -0.3 is 4.90 Å². The number of nitrogens with zero attached hydrogens (tertiary/aromatic N) is 2. The van der Waals surface area contributed by atoms with Crippen LogP contribution in [0.2, 0.25) is 10.0 Å². The maximum absolute atomic E-state index is 12.9. The Balaban J connectivity index is 2.20. The van der Waals surface area contributed by atoms with Crippen molar-refractivity contribution in [1.82, 2.24) is 0 Å². The molecule has 2 aromatic rings. The summed E-state index contributed by atoms with van der Waals surface area (Å²) in [6, 6.07) is 12.0. The smallest absolute Gasteiger partial charge is 0.241 e. The summed E-state index contributed by atoms with van der Waals surface area (Å²) in [5.41, 5.74) is 1.41. The van der Waals surface area contributed by atoms with E-state index in [9.17, 15) is 14.4 Å². The molecule has 0 saturated carbocycles. The first kappa shape index (κ1) is 19.4. The van der Waals surface area contributed by atoms with Crippen LogP contribution in [0.1, 0.15) is 20.3 Å².